The van der Waals surface area contributed by atoms with E-state index >= 15 is 0 Å². The minimum atomic E-state index is 0.145. The largest absolute Gasteiger partial charge is 0.368 e. The lowest BCUT2D eigenvalue weighted by atomic mass is 10.1. The Kier molecular flexibility index (Phi) is 3.19. The molecule has 7 heteroatoms. The molecule has 102 valence electrons. The average Bonchev–Trinajstić information content (AvgIpc) is 2.94. The van der Waals surface area contributed by atoms with Crippen LogP contribution < -0.4 is 5.73 Å². The van der Waals surface area contributed by atoms with Crippen molar-refractivity contribution in [2.45, 2.75) is 6.92 Å². The van der Waals surface area contributed by atoms with Crippen LogP contribution >= 0.6 is 22.9 Å². The van der Waals surface area contributed by atoms with Crippen LogP contribution in [0, 0.1) is 6.92 Å². The number of aryl methyl sites for hydroxylation is 2. The van der Waals surface area contributed by atoms with Crippen molar-refractivity contribution in [3.8, 4) is 21.8 Å². The van der Waals surface area contributed by atoms with Gasteiger partial charge in [0.1, 0.15) is 10.8 Å². The van der Waals surface area contributed by atoms with E-state index < -0.39 is 0 Å². The van der Waals surface area contributed by atoms with Crippen LogP contribution in [0.5, 0.6) is 0 Å². The third-order valence-corrected chi connectivity index (χ3v) is 4.02. The Morgan fingerprint density at radius 1 is 1.30 bits per heavy atom. The highest BCUT2D eigenvalue weighted by Crippen LogP contribution is 2.34. The molecule has 0 unspecified atom stereocenters. The molecule has 2 N–H and O–H groups in total. The van der Waals surface area contributed by atoms with Crippen LogP contribution in [-0.2, 0) is 7.05 Å². The summed E-state index contributed by atoms with van der Waals surface area (Å²) in [5, 5.41) is 4.78. The van der Waals surface area contributed by atoms with Crippen molar-refractivity contribution in [3.05, 3.63) is 34.4 Å². The number of thiophene rings is 1. The second-order valence-corrected chi connectivity index (χ2v) is 6.08. The average molecular weight is 306 g/mol. The molecule has 3 aromatic heterocycles. The van der Waals surface area contributed by atoms with Gasteiger partial charge in [-0.05, 0) is 19.1 Å². The molecule has 0 radical (unpaired) electrons. The Bertz CT molecular complexity index is 757. The van der Waals surface area contributed by atoms with Gasteiger partial charge in [0, 0.05) is 34.6 Å². The Morgan fingerprint density at radius 2 is 2.10 bits per heavy atom. The monoisotopic (exact) mass is 305 g/mol. The Hall–Kier alpha value is -1.92. The smallest absolute Gasteiger partial charge is 0.222 e. The summed E-state index contributed by atoms with van der Waals surface area (Å²) in [5.41, 5.74) is 8.06. The van der Waals surface area contributed by atoms with Crippen LogP contribution in [0.25, 0.3) is 21.8 Å². The second kappa shape index (κ2) is 4.88. The van der Waals surface area contributed by atoms with Crippen molar-refractivity contribution in [2.75, 3.05) is 5.73 Å². The van der Waals surface area contributed by atoms with Crippen molar-refractivity contribution in [1.29, 1.82) is 0 Å². The molecule has 3 rings (SSSR count). The van der Waals surface area contributed by atoms with Gasteiger partial charge in [-0.1, -0.05) is 11.6 Å². The normalized spacial score (nSPS) is 10.9. The maximum atomic E-state index is 5.95. The number of halogens is 1. The summed E-state index contributed by atoms with van der Waals surface area (Å²) in [6.45, 7) is 2.07. The van der Waals surface area contributed by atoms with E-state index in [2.05, 4.69) is 34.1 Å². The molecule has 0 amide bonds. The first-order valence-corrected chi connectivity index (χ1v) is 7.13. The van der Waals surface area contributed by atoms with Crippen molar-refractivity contribution in [1.82, 2.24) is 19.7 Å². The number of anilines is 1. The summed E-state index contributed by atoms with van der Waals surface area (Å²) in [7, 11) is 1.87. The SMILES string of the molecule is Cc1ccc(-c2cn(C)nc2-c2cc(Cl)nc(N)n2)s1. The zero-order valence-corrected chi connectivity index (χ0v) is 12.5. The zero-order chi connectivity index (χ0) is 14.3. The highest BCUT2D eigenvalue weighted by atomic mass is 35.5. The standard InChI is InChI=1S/C13H12ClN5S/c1-7-3-4-10(20-7)8-6-19(2)18-12(8)9-5-11(14)17-13(15)16-9/h3-6H,1-2H3,(H2,15,16,17). The number of nitrogens with two attached hydrogens (primary N) is 1. The maximum absolute atomic E-state index is 5.95. The van der Waals surface area contributed by atoms with Crippen LogP contribution in [0.15, 0.2) is 24.4 Å². The molecule has 0 saturated heterocycles. The van der Waals surface area contributed by atoms with Crippen molar-refractivity contribution >= 4 is 28.9 Å². The van der Waals surface area contributed by atoms with Crippen LogP contribution in [0.3, 0.4) is 0 Å². The summed E-state index contributed by atoms with van der Waals surface area (Å²) in [6.07, 6.45) is 1.97. The molecule has 0 atom stereocenters. The molecule has 3 aromatic rings. The number of rotatable bonds is 2. The van der Waals surface area contributed by atoms with Crippen LogP contribution in [-0.4, -0.2) is 19.7 Å². The summed E-state index contributed by atoms with van der Waals surface area (Å²) >= 11 is 7.66. The Morgan fingerprint density at radius 3 is 2.75 bits per heavy atom. The molecule has 0 spiro atoms. The first-order valence-electron chi connectivity index (χ1n) is 5.94. The molecule has 0 aromatic carbocycles. The summed E-state index contributed by atoms with van der Waals surface area (Å²) in [5.74, 6) is 0.145. The van der Waals surface area contributed by atoms with Gasteiger partial charge in [0.05, 0.1) is 5.69 Å². The summed E-state index contributed by atoms with van der Waals surface area (Å²) in [4.78, 5) is 10.5. The van der Waals surface area contributed by atoms with E-state index in [-0.39, 0.29) is 5.95 Å². The first-order chi connectivity index (χ1) is 9.52. The second-order valence-electron chi connectivity index (χ2n) is 4.41. The third-order valence-electron chi connectivity index (χ3n) is 2.79. The van der Waals surface area contributed by atoms with Crippen molar-refractivity contribution < 1.29 is 0 Å². The summed E-state index contributed by atoms with van der Waals surface area (Å²) in [6, 6.07) is 5.83. The van der Waals surface area contributed by atoms with Crippen molar-refractivity contribution in [3.63, 3.8) is 0 Å². The molecule has 0 fully saturated rings. The van der Waals surface area contributed by atoms with Gasteiger partial charge in [-0.25, -0.2) is 9.97 Å². The number of nitrogens with zero attached hydrogens (tertiary/aromatic N) is 4. The molecule has 0 bridgehead atoms. The van der Waals surface area contributed by atoms with Crippen molar-refractivity contribution in [2.24, 2.45) is 7.05 Å². The van der Waals surface area contributed by atoms with E-state index in [9.17, 15) is 0 Å². The molecule has 0 saturated carbocycles. The number of nitrogen functional groups attached to an aromatic ring is 1. The van der Waals surface area contributed by atoms with Gasteiger partial charge in [0.2, 0.25) is 5.95 Å². The van der Waals surface area contributed by atoms with Gasteiger partial charge in [-0.3, -0.25) is 4.68 Å². The number of hydrogen-bond donors (Lipinski definition) is 1. The molecule has 3 heterocycles. The maximum Gasteiger partial charge on any atom is 0.222 e. The van der Waals surface area contributed by atoms with E-state index in [1.54, 1.807) is 22.1 Å². The lowest BCUT2D eigenvalue weighted by Crippen LogP contribution is -1.97. The lowest BCUT2D eigenvalue weighted by molar-refractivity contribution is 0.770. The Labute approximate surface area is 125 Å². The first kappa shape index (κ1) is 13.1. The molecule has 0 aliphatic rings. The van der Waals surface area contributed by atoms with Gasteiger partial charge in [0.15, 0.2) is 0 Å². The van der Waals surface area contributed by atoms with Crippen LogP contribution in [0.4, 0.5) is 5.95 Å². The summed E-state index contributed by atoms with van der Waals surface area (Å²) < 4.78 is 1.76. The van der Waals surface area contributed by atoms with Crippen LogP contribution in [0.2, 0.25) is 5.15 Å². The van der Waals surface area contributed by atoms with Crippen LogP contribution in [0.1, 0.15) is 4.88 Å². The van der Waals surface area contributed by atoms with E-state index in [1.165, 1.54) is 4.88 Å². The van der Waals surface area contributed by atoms with E-state index in [0.29, 0.717) is 10.8 Å². The third kappa shape index (κ3) is 2.39. The molecule has 0 aliphatic heterocycles. The zero-order valence-electron chi connectivity index (χ0n) is 11.0. The molecule has 20 heavy (non-hydrogen) atoms. The van der Waals surface area contributed by atoms with E-state index in [0.717, 1.165) is 16.1 Å². The van der Waals surface area contributed by atoms with Gasteiger partial charge in [-0.2, -0.15) is 5.10 Å². The highest BCUT2D eigenvalue weighted by molar-refractivity contribution is 7.15. The molecule has 5 nitrogen and oxygen atoms in total. The molecular formula is C13H12ClN5S. The minimum Gasteiger partial charge on any atom is -0.368 e. The highest BCUT2D eigenvalue weighted by Gasteiger charge is 2.16. The van der Waals surface area contributed by atoms with Gasteiger partial charge < -0.3 is 5.73 Å². The number of aromatic nitrogens is 4. The quantitative estimate of drug-likeness (QED) is 0.738. The minimum absolute atomic E-state index is 0.145. The van der Waals surface area contributed by atoms with E-state index in [4.69, 9.17) is 17.3 Å². The van der Waals surface area contributed by atoms with Gasteiger partial charge in [-0.15, -0.1) is 11.3 Å². The van der Waals surface area contributed by atoms with Gasteiger partial charge in [0.25, 0.3) is 0 Å². The molecular weight excluding hydrogens is 294 g/mol. The van der Waals surface area contributed by atoms with Gasteiger partial charge >= 0.3 is 0 Å². The Balaban J connectivity index is 2.19. The predicted molar refractivity (Wildman–Crippen MR) is 81.7 cm³/mol. The fourth-order valence-corrected chi connectivity index (χ4v) is 3.06. The fourth-order valence-electron chi connectivity index (χ4n) is 1.99. The lowest BCUT2D eigenvalue weighted by Gasteiger charge is -2.01. The van der Waals surface area contributed by atoms with E-state index in [1.807, 2.05) is 13.2 Å². The topological polar surface area (TPSA) is 69.6 Å². The number of hydrogen-bond acceptors (Lipinski definition) is 5. The fraction of sp³-hybridized carbons (Fsp3) is 0.154. The molecule has 0 aliphatic carbocycles. The predicted octanol–water partition coefficient (Wildman–Crippen LogP) is 3.15.